The number of aryl methyl sites for hydroxylation is 1. The van der Waals surface area contributed by atoms with Crippen LogP contribution < -0.4 is 5.32 Å². The minimum Gasteiger partial charge on any atom is -0.378 e. The van der Waals surface area contributed by atoms with E-state index >= 15 is 0 Å². The standard InChI is InChI=1S/C13H23N5O2S/c1-9(2)18-5-10(11(6-18)20-4)15-12(19)7-21-13-16-14-8-17(13)3/h8-11H,5-7H2,1-4H3,(H,15,19). The second-order valence-electron chi connectivity index (χ2n) is 5.51. The number of likely N-dealkylation sites (tertiary alicyclic amines) is 1. The minimum absolute atomic E-state index is 0.000608. The highest BCUT2D eigenvalue weighted by atomic mass is 32.2. The van der Waals surface area contributed by atoms with E-state index in [-0.39, 0.29) is 18.1 Å². The lowest BCUT2D eigenvalue weighted by molar-refractivity contribution is -0.119. The van der Waals surface area contributed by atoms with Gasteiger partial charge in [0, 0.05) is 33.3 Å². The van der Waals surface area contributed by atoms with Gasteiger partial charge in [-0.2, -0.15) is 0 Å². The fraction of sp³-hybridized carbons (Fsp3) is 0.769. The number of ether oxygens (including phenoxy) is 1. The van der Waals surface area contributed by atoms with Gasteiger partial charge in [0.1, 0.15) is 6.33 Å². The molecule has 7 nitrogen and oxygen atoms in total. The summed E-state index contributed by atoms with van der Waals surface area (Å²) in [6, 6.07) is 0.502. The SMILES string of the molecule is COC1CN(C(C)C)CC1NC(=O)CSc1nncn1C. The molecule has 8 heteroatoms. The van der Waals surface area contributed by atoms with E-state index < -0.39 is 0 Å². The van der Waals surface area contributed by atoms with Gasteiger partial charge < -0.3 is 14.6 Å². The highest BCUT2D eigenvalue weighted by Gasteiger charge is 2.34. The van der Waals surface area contributed by atoms with E-state index in [1.807, 2.05) is 7.05 Å². The molecule has 1 aliphatic heterocycles. The van der Waals surface area contributed by atoms with Crippen LogP contribution in [0, 0.1) is 0 Å². The number of carbonyl (C=O) groups excluding carboxylic acids is 1. The maximum atomic E-state index is 12.1. The molecular formula is C13H23N5O2S. The summed E-state index contributed by atoms with van der Waals surface area (Å²) in [4.78, 5) is 14.4. The van der Waals surface area contributed by atoms with Crippen LogP contribution in [0.1, 0.15) is 13.8 Å². The summed E-state index contributed by atoms with van der Waals surface area (Å²) < 4.78 is 7.28. The van der Waals surface area contributed by atoms with Crippen molar-refractivity contribution in [1.29, 1.82) is 0 Å². The Hall–Kier alpha value is -1.12. The Morgan fingerprint density at radius 3 is 2.90 bits per heavy atom. The van der Waals surface area contributed by atoms with Gasteiger partial charge in [0.05, 0.1) is 17.9 Å². The topological polar surface area (TPSA) is 72.3 Å². The van der Waals surface area contributed by atoms with Crippen LogP contribution in [0.15, 0.2) is 11.5 Å². The zero-order valence-corrected chi connectivity index (χ0v) is 13.8. The fourth-order valence-electron chi connectivity index (χ4n) is 2.38. The maximum Gasteiger partial charge on any atom is 0.230 e. The van der Waals surface area contributed by atoms with E-state index in [2.05, 4.69) is 34.3 Å². The maximum absolute atomic E-state index is 12.1. The van der Waals surface area contributed by atoms with Gasteiger partial charge in [-0.15, -0.1) is 10.2 Å². The van der Waals surface area contributed by atoms with E-state index in [1.54, 1.807) is 18.0 Å². The molecular weight excluding hydrogens is 290 g/mol. The first kappa shape index (κ1) is 16.3. The van der Waals surface area contributed by atoms with Crippen molar-refractivity contribution < 1.29 is 9.53 Å². The van der Waals surface area contributed by atoms with Crippen molar-refractivity contribution >= 4 is 17.7 Å². The first-order valence-electron chi connectivity index (χ1n) is 7.04. The number of nitrogens with one attached hydrogen (secondary N) is 1. The predicted molar refractivity (Wildman–Crippen MR) is 81.2 cm³/mol. The number of hydrogen-bond acceptors (Lipinski definition) is 6. The Bertz CT molecular complexity index is 479. The van der Waals surface area contributed by atoms with Gasteiger partial charge in [0.2, 0.25) is 5.91 Å². The fourth-order valence-corrected chi connectivity index (χ4v) is 3.08. The van der Waals surface area contributed by atoms with Crippen LogP contribution in [0.5, 0.6) is 0 Å². The predicted octanol–water partition coefficient (Wildman–Crippen LogP) is 0.131. The molecule has 2 rings (SSSR count). The van der Waals surface area contributed by atoms with Crippen molar-refractivity contribution in [3.8, 4) is 0 Å². The van der Waals surface area contributed by atoms with Crippen LogP contribution in [0.3, 0.4) is 0 Å². The third-order valence-electron chi connectivity index (χ3n) is 3.68. The number of nitrogens with zero attached hydrogens (tertiary/aromatic N) is 4. The van der Waals surface area contributed by atoms with Gasteiger partial charge in [-0.1, -0.05) is 11.8 Å². The summed E-state index contributed by atoms with van der Waals surface area (Å²) in [7, 11) is 3.56. The summed E-state index contributed by atoms with van der Waals surface area (Å²) in [5, 5.41) is 11.5. The number of rotatable bonds is 6. The molecule has 2 atom stereocenters. The first-order chi connectivity index (χ1) is 10.0. The summed E-state index contributed by atoms with van der Waals surface area (Å²) in [5.41, 5.74) is 0. The van der Waals surface area contributed by atoms with E-state index in [1.165, 1.54) is 11.8 Å². The van der Waals surface area contributed by atoms with Gasteiger partial charge in [0.15, 0.2) is 5.16 Å². The molecule has 0 bridgehead atoms. The molecule has 118 valence electrons. The summed E-state index contributed by atoms with van der Waals surface area (Å²) >= 11 is 1.38. The largest absolute Gasteiger partial charge is 0.378 e. The number of thioether (sulfide) groups is 1. The second kappa shape index (κ2) is 7.24. The molecule has 0 aliphatic carbocycles. The Morgan fingerprint density at radius 1 is 1.57 bits per heavy atom. The Morgan fingerprint density at radius 2 is 2.33 bits per heavy atom. The molecule has 0 radical (unpaired) electrons. The molecule has 1 saturated heterocycles. The number of hydrogen-bond donors (Lipinski definition) is 1. The molecule has 2 heterocycles. The second-order valence-corrected chi connectivity index (χ2v) is 6.45. The zero-order chi connectivity index (χ0) is 15.4. The van der Waals surface area contributed by atoms with E-state index in [0.717, 1.165) is 18.2 Å². The monoisotopic (exact) mass is 313 g/mol. The van der Waals surface area contributed by atoms with Crippen LogP contribution in [0.4, 0.5) is 0 Å². The van der Waals surface area contributed by atoms with Crippen molar-refractivity contribution in [3.63, 3.8) is 0 Å². The molecule has 1 N–H and O–H groups in total. The lowest BCUT2D eigenvalue weighted by atomic mass is 10.2. The summed E-state index contributed by atoms with van der Waals surface area (Å²) in [5.74, 6) is 0.335. The third-order valence-corrected chi connectivity index (χ3v) is 4.71. The molecule has 1 amide bonds. The quantitative estimate of drug-likeness (QED) is 0.753. The average molecular weight is 313 g/mol. The van der Waals surface area contributed by atoms with Crippen molar-refractivity contribution in [1.82, 2.24) is 25.0 Å². The molecule has 1 fully saturated rings. The number of methoxy groups -OCH3 is 1. The highest BCUT2D eigenvalue weighted by Crippen LogP contribution is 2.17. The van der Waals surface area contributed by atoms with E-state index in [4.69, 9.17) is 4.74 Å². The van der Waals surface area contributed by atoms with Gasteiger partial charge in [0.25, 0.3) is 0 Å². The zero-order valence-electron chi connectivity index (χ0n) is 12.9. The molecule has 21 heavy (non-hydrogen) atoms. The van der Waals surface area contributed by atoms with Crippen LogP contribution in [0.2, 0.25) is 0 Å². The summed E-state index contributed by atoms with van der Waals surface area (Å²) in [6.07, 6.45) is 1.68. The minimum atomic E-state index is 0.000608. The van der Waals surface area contributed by atoms with E-state index in [0.29, 0.717) is 11.8 Å². The number of carbonyl (C=O) groups is 1. The normalized spacial score (nSPS) is 22.9. The molecule has 1 aromatic rings. The lowest BCUT2D eigenvalue weighted by Gasteiger charge is -2.19. The van der Waals surface area contributed by atoms with Crippen LogP contribution in [-0.2, 0) is 16.6 Å². The van der Waals surface area contributed by atoms with Gasteiger partial charge in [-0.3, -0.25) is 9.69 Å². The number of aromatic nitrogens is 3. The Labute approximate surface area is 129 Å². The summed E-state index contributed by atoms with van der Waals surface area (Å²) in [6.45, 7) is 5.99. The lowest BCUT2D eigenvalue weighted by Crippen LogP contribution is -2.44. The Balaban J connectivity index is 1.83. The Kier molecular flexibility index (Phi) is 5.60. The van der Waals surface area contributed by atoms with Gasteiger partial charge >= 0.3 is 0 Å². The van der Waals surface area contributed by atoms with Crippen LogP contribution in [-0.4, -0.2) is 69.7 Å². The molecule has 0 saturated carbocycles. The van der Waals surface area contributed by atoms with Crippen molar-refractivity contribution in [2.24, 2.45) is 7.05 Å². The van der Waals surface area contributed by atoms with Gasteiger partial charge in [-0.25, -0.2) is 0 Å². The molecule has 2 unspecified atom stereocenters. The van der Waals surface area contributed by atoms with Crippen LogP contribution in [0.25, 0.3) is 0 Å². The first-order valence-corrected chi connectivity index (χ1v) is 8.02. The van der Waals surface area contributed by atoms with Crippen molar-refractivity contribution in [3.05, 3.63) is 6.33 Å². The van der Waals surface area contributed by atoms with Crippen LogP contribution >= 0.6 is 11.8 Å². The number of amides is 1. The molecule has 0 spiro atoms. The average Bonchev–Trinajstić information content (AvgIpc) is 3.02. The smallest absolute Gasteiger partial charge is 0.230 e. The molecule has 0 aromatic carbocycles. The van der Waals surface area contributed by atoms with Gasteiger partial charge in [-0.05, 0) is 13.8 Å². The van der Waals surface area contributed by atoms with E-state index in [9.17, 15) is 4.79 Å². The molecule has 1 aliphatic rings. The highest BCUT2D eigenvalue weighted by molar-refractivity contribution is 7.99. The van der Waals surface area contributed by atoms with Crippen molar-refractivity contribution in [2.75, 3.05) is 26.0 Å². The van der Waals surface area contributed by atoms with Crippen molar-refractivity contribution in [2.45, 2.75) is 37.2 Å². The molecule has 1 aromatic heterocycles. The third kappa shape index (κ3) is 4.18.